The summed E-state index contributed by atoms with van der Waals surface area (Å²) >= 11 is 0. The van der Waals surface area contributed by atoms with Crippen molar-refractivity contribution in [1.29, 1.82) is 0 Å². The first-order valence-corrected chi connectivity index (χ1v) is 8.18. The van der Waals surface area contributed by atoms with Crippen molar-refractivity contribution in [3.63, 3.8) is 0 Å². The van der Waals surface area contributed by atoms with E-state index in [-0.39, 0.29) is 34.8 Å². The van der Waals surface area contributed by atoms with Gasteiger partial charge in [-0.25, -0.2) is 0 Å². The number of nitrogens with one attached hydrogen (secondary N) is 2. The lowest BCUT2D eigenvalue weighted by molar-refractivity contribution is -0.383. The van der Waals surface area contributed by atoms with E-state index in [1.807, 2.05) is 0 Å². The molecule has 1 aliphatic rings. The second kappa shape index (κ2) is 6.60. The predicted octanol–water partition coefficient (Wildman–Crippen LogP) is 2.43. The van der Waals surface area contributed by atoms with Crippen molar-refractivity contribution < 1.29 is 19.3 Å². The monoisotopic (exact) mass is 368 g/mol. The molecular formula is C18H16N4O5. The van der Waals surface area contributed by atoms with Gasteiger partial charge in [0.15, 0.2) is 0 Å². The number of pyridine rings is 1. The average Bonchev–Trinajstić information content (AvgIpc) is 2.93. The van der Waals surface area contributed by atoms with Crippen LogP contribution in [0.5, 0.6) is 0 Å². The molecule has 9 heteroatoms. The Balaban J connectivity index is 2.12. The number of anilines is 2. The molecule has 9 nitrogen and oxygen atoms in total. The van der Waals surface area contributed by atoms with Gasteiger partial charge in [-0.15, -0.1) is 0 Å². The van der Waals surface area contributed by atoms with E-state index in [0.717, 1.165) is 6.07 Å². The van der Waals surface area contributed by atoms with E-state index < -0.39 is 22.2 Å². The van der Waals surface area contributed by atoms with Crippen LogP contribution in [0.25, 0.3) is 0 Å². The van der Waals surface area contributed by atoms with Crippen LogP contribution in [0.2, 0.25) is 0 Å². The van der Waals surface area contributed by atoms with Crippen molar-refractivity contribution in [2.24, 2.45) is 0 Å². The molecule has 0 saturated carbocycles. The molecule has 3 rings (SSSR count). The molecule has 0 fully saturated rings. The third-order valence-corrected chi connectivity index (χ3v) is 4.73. The highest BCUT2D eigenvalue weighted by molar-refractivity contribution is 6.21. The minimum atomic E-state index is -1.43. The van der Waals surface area contributed by atoms with Gasteiger partial charge < -0.3 is 10.6 Å². The highest BCUT2D eigenvalue weighted by atomic mass is 16.6. The zero-order valence-electron chi connectivity index (χ0n) is 14.6. The molecule has 2 N–H and O–H groups in total. The van der Waals surface area contributed by atoms with Gasteiger partial charge in [-0.2, -0.15) is 0 Å². The van der Waals surface area contributed by atoms with Crippen LogP contribution in [0.1, 0.15) is 36.2 Å². The van der Waals surface area contributed by atoms with Crippen molar-refractivity contribution in [3.8, 4) is 0 Å². The van der Waals surface area contributed by atoms with Crippen LogP contribution in [0.3, 0.4) is 0 Å². The Hall–Kier alpha value is -3.62. The molecule has 1 aromatic heterocycles. The summed E-state index contributed by atoms with van der Waals surface area (Å²) in [5.41, 5.74) is -1.18. The number of rotatable bonds is 5. The molecule has 138 valence electrons. The zero-order valence-corrected chi connectivity index (χ0v) is 14.6. The van der Waals surface area contributed by atoms with Gasteiger partial charge in [0.2, 0.25) is 5.91 Å². The highest BCUT2D eigenvalue weighted by Gasteiger charge is 2.50. The summed E-state index contributed by atoms with van der Waals surface area (Å²) in [6, 6.07) is 5.56. The smallest absolute Gasteiger partial charge is 0.294 e. The van der Waals surface area contributed by atoms with Crippen molar-refractivity contribution in [2.75, 3.05) is 10.6 Å². The van der Waals surface area contributed by atoms with E-state index in [9.17, 15) is 24.5 Å². The Labute approximate surface area is 153 Å². The number of hydrogen-bond donors (Lipinski definition) is 2. The molecular weight excluding hydrogens is 352 g/mol. The number of aromatic nitrogens is 1. The van der Waals surface area contributed by atoms with Crippen LogP contribution in [0.4, 0.5) is 17.1 Å². The molecule has 2 heterocycles. The van der Waals surface area contributed by atoms with E-state index in [1.54, 1.807) is 13.0 Å². The molecule has 0 radical (unpaired) electrons. The van der Waals surface area contributed by atoms with Crippen LogP contribution in [-0.2, 0) is 15.0 Å². The van der Waals surface area contributed by atoms with Gasteiger partial charge in [0.05, 0.1) is 16.2 Å². The third-order valence-electron chi connectivity index (χ3n) is 4.73. The highest BCUT2D eigenvalue weighted by Crippen LogP contribution is 2.45. The number of nitro groups is 1. The lowest BCUT2D eigenvalue weighted by Crippen LogP contribution is -2.40. The van der Waals surface area contributed by atoms with Crippen LogP contribution < -0.4 is 10.6 Å². The van der Waals surface area contributed by atoms with Crippen molar-refractivity contribution in [3.05, 3.63) is 57.9 Å². The van der Waals surface area contributed by atoms with Crippen molar-refractivity contribution in [2.45, 2.75) is 25.7 Å². The van der Waals surface area contributed by atoms with Crippen molar-refractivity contribution in [1.82, 2.24) is 4.98 Å². The summed E-state index contributed by atoms with van der Waals surface area (Å²) in [6.07, 6.45) is 3.01. The lowest BCUT2D eigenvalue weighted by atomic mass is 9.76. The normalized spacial score (nSPS) is 17.8. The minimum absolute atomic E-state index is 0.0943. The molecule has 1 unspecified atom stereocenters. The molecule has 0 spiro atoms. The van der Waals surface area contributed by atoms with Crippen LogP contribution in [0, 0.1) is 10.1 Å². The van der Waals surface area contributed by atoms with Crippen LogP contribution in [-0.4, -0.2) is 27.5 Å². The molecule has 2 amide bonds. The fourth-order valence-corrected chi connectivity index (χ4v) is 3.29. The summed E-state index contributed by atoms with van der Waals surface area (Å²) in [5.74, 6) is -1.49. The zero-order chi connectivity index (χ0) is 19.8. The van der Waals surface area contributed by atoms with Gasteiger partial charge in [0.25, 0.3) is 11.6 Å². The molecule has 0 aliphatic carbocycles. The lowest BCUT2D eigenvalue weighted by Gasteiger charge is -2.22. The molecule has 1 atom stereocenters. The molecule has 27 heavy (non-hydrogen) atoms. The maximum absolute atomic E-state index is 12.5. The maximum atomic E-state index is 12.5. The quantitative estimate of drug-likeness (QED) is 0.473. The maximum Gasteiger partial charge on any atom is 0.294 e. The molecule has 0 bridgehead atoms. The number of fused-ring (bicyclic) bond motifs is 1. The Morgan fingerprint density at radius 1 is 1.37 bits per heavy atom. The first-order chi connectivity index (χ1) is 12.8. The minimum Gasteiger partial charge on any atom is -0.324 e. The second-order valence-corrected chi connectivity index (χ2v) is 6.14. The van der Waals surface area contributed by atoms with E-state index >= 15 is 0 Å². The molecule has 2 aromatic rings. The van der Waals surface area contributed by atoms with E-state index in [2.05, 4.69) is 15.6 Å². The molecule has 1 aliphatic heterocycles. The van der Waals surface area contributed by atoms with Gasteiger partial charge in [-0.1, -0.05) is 6.92 Å². The summed E-state index contributed by atoms with van der Waals surface area (Å²) in [4.78, 5) is 51.7. The summed E-state index contributed by atoms with van der Waals surface area (Å²) in [6.45, 7) is 2.98. The molecule has 0 saturated heterocycles. The topological polar surface area (TPSA) is 131 Å². The number of nitrogens with zero attached hydrogens (tertiary/aromatic N) is 2. The van der Waals surface area contributed by atoms with Gasteiger partial charge in [-0.05, 0) is 31.5 Å². The Bertz CT molecular complexity index is 973. The predicted molar refractivity (Wildman–Crippen MR) is 96.6 cm³/mol. The van der Waals surface area contributed by atoms with Crippen LogP contribution in [0.15, 0.2) is 36.7 Å². The fraction of sp³-hybridized carbons (Fsp3) is 0.222. The number of hydrogen-bond acceptors (Lipinski definition) is 6. The first-order valence-electron chi connectivity index (χ1n) is 8.18. The summed E-state index contributed by atoms with van der Waals surface area (Å²) in [7, 11) is 0. The second-order valence-electron chi connectivity index (χ2n) is 6.14. The number of benzene rings is 1. The third kappa shape index (κ3) is 2.82. The number of carbonyl (C=O) groups is 3. The summed E-state index contributed by atoms with van der Waals surface area (Å²) in [5, 5.41) is 16.5. The van der Waals surface area contributed by atoms with E-state index in [1.165, 1.54) is 31.5 Å². The van der Waals surface area contributed by atoms with Crippen molar-refractivity contribution >= 4 is 34.7 Å². The number of nitro benzene ring substituents is 1. The molecule has 1 aromatic carbocycles. The summed E-state index contributed by atoms with van der Waals surface area (Å²) < 4.78 is 0. The first kappa shape index (κ1) is 18.2. The number of ketones is 1. The Kier molecular flexibility index (Phi) is 4.44. The van der Waals surface area contributed by atoms with Gasteiger partial charge >= 0.3 is 0 Å². The van der Waals surface area contributed by atoms with E-state index in [0.29, 0.717) is 5.56 Å². The van der Waals surface area contributed by atoms with Crippen LogP contribution >= 0.6 is 0 Å². The van der Waals surface area contributed by atoms with Gasteiger partial charge in [0, 0.05) is 24.0 Å². The number of Topliss-reactive ketones (excluding diaryl/α,β-unsaturated/α-hetero) is 1. The van der Waals surface area contributed by atoms with Gasteiger partial charge in [-0.3, -0.25) is 29.5 Å². The largest absolute Gasteiger partial charge is 0.324 e. The average molecular weight is 368 g/mol. The Morgan fingerprint density at radius 3 is 2.67 bits per heavy atom. The fourth-order valence-electron chi connectivity index (χ4n) is 3.29. The number of carbonyl (C=O) groups excluding carboxylic acids is 3. The SMILES string of the molecule is CCC1(C(C)=O)C(=O)Nc2cc([N+](=O)[O-])c(NC(=O)c3cccnc3)cc21. The number of amides is 2. The Morgan fingerprint density at radius 2 is 2.11 bits per heavy atom. The standard InChI is InChI=1S/C18H16N4O5/c1-3-18(10(2)23)12-7-14(20-16(24)11-5-4-6-19-9-11)15(22(26)27)8-13(12)21-17(18)25/h4-9H,3H2,1-2H3,(H,20,24)(H,21,25). The van der Waals surface area contributed by atoms with Gasteiger partial charge in [0.1, 0.15) is 16.9 Å². The van der Waals surface area contributed by atoms with E-state index in [4.69, 9.17) is 0 Å².